The van der Waals surface area contributed by atoms with Gasteiger partial charge in [-0.25, -0.2) is 0 Å². The van der Waals surface area contributed by atoms with Gasteiger partial charge in [0, 0.05) is 13.2 Å². The van der Waals surface area contributed by atoms with E-state index in [2.05, 4.69) is 0 Å². The van der Waals surface area contributed by atoms with Crippen molar-refractivity contribution >= 4 is 52.1 Å². The lowest BCUT2D eigenvalue weighted by Gasteiger charge is -2.29. The fourth-order valence-electron chi connectivity index (χ4n) is 2.29. The molecule has 1 aliphatic rings. The van der Waals surface area contributed by atoms with Gasteiger partial charge in [0.15, 0.2) is 5.11 Å². The van der Waals surface area contributed by atoms with Gasteiger partial charge in [-0.3, -0.25) is 9.69 Å². The van der Waals surface area contributed by atoms with Crippen LogP contribution in [0.5, 0.6) is 0 Å². The molecule has 0 spiro atoms. The van der Waals surface area contributed by atoms with Gasteiger partial charge in [0.2, 0.25) is 0 Å². The van der Waals surface area contributed by atoms with E-state index in [1.165, 1.54) is 4.90 Å². The van der Waals surface area contributed by atoms with Crippen molar-refractivity contribution in [1.29, 1.82) is 0 Å². The summed E-state index contributed by atoms with van der Waals surface area (Å²) in [6.07, 6.45) is 0.548. The summed E-state index contributed by atoms with van der Waals surface area (Å²) in [5.74, 6) is -0.121. The van der Waals surface area contributed by atoms with Crippen LogP contribution in [-0.2, 0) is 4.79 Å². The van der Waals surface area contributed by atoms with Crippen LogP contribution >= 0.6 is 35.4 Å². The van der Waals surface area contributed by atoms with E-state index in [1.54, 1.807) is 18.2 Å². The Bertz CT molecular complexity index is 592. The molecule has 1 saturated heterocycles. The zero-order valence-corrected chi connectivity index (χ0v) is 14.1. The first-order valence-electron chi connectivity index (χ1n) is 6.52. The maximum absolute atomic E-state index is 12.7. The summed E-state index contributed by atoms with van der Waals surface area (Å²) in [4.78, 5) is 16.0. The minimum absolute atomic E-state index is 0.0517. The molecule has 0 bridgehead atoms. The number of carbonyl (C=O) groups excluding carboxylic acids is 1. The first-order valence-corrected chi connectivity index (χ1v) is 7.69. The van der Waals surface area contributed by atoms with E-state index < -0.39 is 5.54 Å². The van der Waals surface area contributed by atoms with Crippen molar-refractivity contribution in [3.8, 4) is 0 Å². The van der Waals surface area contributed by atoms with Crippen LogP contribution in [0.4, 0.5) is 5.69 Å². The molecule has 1 amide bonds. The highest BCUT2D eigenvalue weighted by molar-refractivity contribution is 7.80. The maximum Gasteiger partial charge on any atom is 0.258 e. The zero-order valence-electron chi connectivity index (χ0n) is 11.8. The third-order valence-corrected chi connectivity index (χ3v) is 4.67. The molecule has 114 valence electrons. The van der Waals surface area contributed by atoms with Gasteiger partial charge < -0.3 is 10.0 Å². The van der Waals surface area contributed by atoms with E-state index in [1.807, 2.05) is 18.7 Å². The van der Waals surface area contributed by atoms with Gasteiger partial charge in [-0.1, -0.05) is 23.2 Å². The number of thiocarbonyl (C=S) groups is 1. The van der Waals surface area contributed by atoms with E-state index in [0.29, 0.717) is 33.8 Å². The Morgan fingerprint density at radius 2 is 1.95 bits per heavy atom. The minimum atomic E-state index is -0.752. The average molecular weight is 347 g/mol. The second kappa shape index (κ2) is 6.08. The third kappa shape index (κ3) is 2.88. The van der Waals surface area contributed by atoms with E-state index in [-0.39, 0.29) is 12.5 Å². The van der Waals surface area contributed by atoms with Crippen LogP contribution in [-0.4, -0.2) is 39.7 Å². The van der Waals surface area contributed by atoms with Gasteiger partial charge in [0.05, 0.1) is 15.7 Å². The number of amides is 1. The number of carbonyl (C=O) groups is 1. The standard InChI is InChI=1S/C14H16Cl2N2O2S/c1-14(2)12(20)18(13(21)17(14)6-3-7-19)9-4-5-10(15)11(16)8-9/h4-5,8,19H,3,6-7H2,1-2H3. The van der Waals surface area contributed by atoms with Crippen LogP contribution in [0.25, 0.3) is 0 Å². The first-order chi connectivity index (χ1) is 9.80. The lowest BCUT2D eigenvalue weighted by molar-refractivity contribution is -0.123. The first kappa shape index (κ1) is 16.5. The Kier molecular flexibility index (Phi) is 4.78. The summed E-state index contributed by atoms with van der Waals surface area (Å²) in [6, 6.07) is 4.97. The molecule has 4 nitrogen and oxygen atoms in total. The molecule has 0 radical (unpaired) electrons. The zero-order chi connectivity index (χ0) is 15.8. The minimum Gasteiger partial charge on any atom is -0.396 e. The molecule has 1 aliphatic heterocycles. The van der Waals surface area contributed by atoms with Crippen molar-refractivity contribution in [1.82, 2.24) is 4.90 Å². The van der Waals surface area contributed by atoms with Gasteiger partial charge in [-0.15, -0.1) is 0 Å². The number of hydrogen-bond acceptors (Lipinski definition) is 3. The van der Waals surface area contributed by atoms with Crippen LogP contribution in [0.1, 0.15) is 20.3 Å². The van der Waals surface area contributed by atoms with Crippen molar-refractivity contribution in [2.75, 3.05) is 18.1 Å². The normalized spacial score (nSPS) is 17.8. The summed E-state index contributed by atoms with van der Waals surface area (Å²) >= 11 is 17.4. The van der Waals surface area contributed by atoms with Crippen molar-refractivity contribution in [3.05, 3.63) is 28.2 Å². The number of anilines is 1. The monoisotopic (exact) mass is 346 g/mol. The van der Waals surface area contributed by atoms with Crippen molar-refractivity contribution < 1.29 is 9.90 Å². The molecule has 0 aromatic heterocycles. The second-order valence-corrected chi connectivity index (χ2v) is 6.49. The van der Waals surface area contributed by atoms with E-state index in [0.717, 1.165) is 0 Å². The third-order valence-electron chi connectivity index (χ3n) is 3.52. The highest BCUT2D eigenvalue weighted by atomic mass is 35.5. The molecule has 0 atom stereocenters. The molecule has 7 heteroatoms. The molecule has 0 aliphatic carbocycles. The fraction of sp³-hybridized carbons (Fsp3) is 0.429. The maximum atomic E-state index is 12.7. The number of nitrogens with zero attached hydrogens (tertiary/aromatic N) is 2. The Hall–Kier alpha value is -0.880. The quantitative estimate of drug-likeness (QED) is 0.850. The predicted molar refractivity (Wildman–Crippen MR) is 89.0 cm³/mol. The molecule has 1 aromatic rings. The number of benzene rings is 1. The van der Waals surface area contributed by atoms with Crippen LogP contribution < -0.4 is 4.90 Å². The lowest BCUT2D eigenvalue weighted by atomic mass is 10.0. The molecular formula is C14H16Cl2N2O2S. The van der Waals surface area contributed by atoms with Gasteiger partial charge >= 0.3 is 0 Å². The number of aliphatic hydroxyl groups is 1. The number of hydrogen-bond donors (Lipinski definition) is 1. The highest BCUT2D eigenvalue weighted by Gasteiger charge is 2.49. The Balaban J connectivity index is 2.38. The summed E-state index contributed by atoms with van der Waals surface area (Å²) in [6.45, 7) is 4.20. The van der Waals surface area contributed by atoms with E-state index >= 15 is 0 Å². The van der Waals surface area contributed by atoms with Crippen LogP contribution in [0, 0.1) is 0 Å². The highest BCUT2D eigenvalue weighted by Crippen LogP contribution is 2.35. The van der Waals surface area contributed by atoms with E-state index in [9.17, 15) is 4.79 Å². The summed E-state index contributed by atoms with van der Waals surface area (Å²) < 4.78 is 0. The molecule has 1 N–H and O–H groups in total. The molecule has 1 heterocycles. The Morgan fingerprint density at radius 1 is 1.29 bits per heavy atom. The molecule has 1 fully saturated rings. The van der Waals surface area contributed by atoms with Crippen LogP contribution in [0.15, 0.2) is 18.2 Å². The molecule has 0 unspecified atom stereocenters. The number of halogens is 2. The summed E-state index contributed by atoms with van der Waals surface area (Å²) in [5, 5.41) is 10.2. The smallest absolute Gasteiger partial charge is 0.258 e. The van der Waals surface area contributed by atoms with Gasteiger partial charge in [0.1, 0.15) is 5.54 Å². The predicted octanol–water partition coefficient (Wildman–Crippen LogP) is 3.09. The summed E-state index contributed by atoms with van der Waals surface area (Å²) in [7, 11) is 0. The van der Waals surface area contributed by atoms with Gasteiger partial charge in [-0.2, -0.15) is 0 Å². The van der Waals surface area contributed by atoms with E-state index in [4.69, 9.17) is 40.5 Å². The molecule has 0 saturated carbocycles. The average Bonchev–Trinajstić information content (AvgIpc) is 2.58. The Labute approximate surface area is 139 Å². The topological polar surface area (TPSA) is 43.8 Å². The van der Waals surface area contributed by atoms with Gasteiger partial charge in [0.25, 0.3) is 5.91 Å². The number of rotatable bonds is 4. The number of aliphatic hydroxyl groups excluding tert-OH is 1. The van der Waals surface area contributed by atoms with Crippen molar-refractivity contribution in [2.45, 2.75) is 25.8 Å². The van der Waals surface area contributed by atoms with Gasteiger partial charge in [-0.05, 0) is 50.7 Å². The largest absolute Gasteiger partial charge is 0.396 e. The lowest BCUT2D eigenvalue weighted by Crippen LogP contribution is -2.44. The molecular weight excluding hydrogens is 331 g/mol. The molecule has 2 rings (SSSR count). The van der Waals surface area contributed by atoms with Crippen molar-refractivity contribution in [3.63, 3.8) is 0 Å². The Morgan fingerprint density at radius 3 is 2.52 bits per heavy atom. The SMILES string of the molecule is CC1(C)C(=O)N(c2ccc(Cl)c(Cl)c2)C(=S)N1CCCO. The van der Waals surface area contributed by atoms with Crippen LogP contribution in [0.3, 0.4) is 0 Å². The molecule has 1 aromatic carbocycles. The summed E-state index contributed by atoms with van der Waals surface area (Å²) in [5.41, 5.74) is -0.155. The molecule has 21 heavy (non-hydrogen) atoms. The van der Waals surface area contributed by atoms with Crippen molar-refractivity contribution in [2.24, 2.45) is 0 Å². The second-order valence-electron chi connectivity index (χ2n) is 5.31. The van der Waals surface area contributed by atoms with Crippen LogP contribution in [0.2, 0.25) is 10.0 Å². The fourth-order valence-corrected chi connectivity index (χ4v) is 3.09.